The fourth-order valence-electron chi connectivity index (χ4n) is 2.78. The number of fused-ring (bicyclic) bond motifs is 2. The topological polar surface area (TPSA) is 40.7 Å². The molecule has 0 spiro atoms. The molecule has 0 saturated heterocycles. The zero-order valence-electron chi connectivity index (χ0n) is 11.0. The minimum atomic E-state index is 0.366. The van der Waals surface area contributed by atoms with Gasteiger partial charge in [-0.3, -0.25) is 5.10 Å². The number of nitrogens with zero attached hydrogens (tertiary/aromatic N) is 1. The number of aromatic amines is 1. The van der Waals surface area contributed by atoms with Gasteiger partial charge in [-0.1, -0.05) is 30.3 Å². The number of aromatic nitrogens is 2. The maximum Gasteiger partial charge on any atom is 0.0671 e. The number of anilines is 1. The Morgan fingerprint density at radius 2 is 2.10 bits per heavy atom. The van der Waals surface area contributed by atoms with Crippen LogP contribution in [0.25, 0.3) is 10.9 Å². The van der Waals surface area contributed by atoms with E-state index in [-0.39, 0.29) is 0 Å². The van der Waals surface area contributed by atoms with Crippen molar-refractivity contribution in [2.75, 3.05) is 11.1 Å². The minimum Gasteiger partial charge on any atom is -0.377 e. The maximum absolute atomic E-state index is 4.13. The third-order valence-corrected chi connectivity index (χ3v) is 4.87. The molecule has 0 aliphatic carbocycles. The highest BCUT2D eigenvalue weighted by molar-refractivity contribution is 7.98. The van der Waals surface area contributed by atoms with Gasteiger partial charge < -0.3 is 5.32 Å². The normalized spacial score (nSPS) is 17.9. The molecule has 0 radical (unpaired) electrons. The Balaban J connectivity index is 1.72. The van der Waals surface area contributed by atoms with Gasteiger partial charge in [0.15, 0.2) is 0 Å². The van der Waals surface area contributed by atoms with Crippen LogP contribution >= 0.6 is 11.8 Å². The molecule has 4 heteroatoms. The van der Waals surface area contributed by atoms with Crippen molar-refractivity contribution in [2.45, 2.75) is 11.8 Å². The predicted octanol–water partition coefficient (Wildman–Crippen LogP) is 3.96. The molecular weight excluding hydrogens is 266 g/mol. The van der Waals surface area contributed by atoms with Gasteiger partial charge in [-0.15, -0.1) is 0 Å². The summed E-state index contributed by atoms with van der Waals surface area (Å²) in [5, 5.41) is 12.0. The molecular formula is C16H15N3S. The highest BCUT2D eigenvalue weighted by Gasteiger charge is 2.20. The standard InChI is InChI=1S/C16H15N3S/c1-2-5-12-11(4-1)9-20-10-16(12)18-14-6-3-7-15-13(14)8-17-19-15/h1-8,16,18H,9-10H2,(H,17,19). The van der Waals surface area contributed by atoms with Gasteiger partial charge in [0.1, 0.15) is 0 Å². The van der Waals surface area contributed by atoms with Crippen LogP contribution in [0.4, 0.5) is 5.69 Å². The first kappa shape index (κ1) is 11.9. The number of hydrogen-bond acceptors (Lipinski definition) is 3. The van der Waals surface area contributed by atoms with Crippen LogP contribution in [0.3, 0.4) is 0 Å². The molecule has 100 valence electrons. The summed E-state index contributed by atoms with van der Waals surface area (Å²) in [6.07, 6.45) is 1.89. The molecule has 0 fully saturated rings. The zero-order chi connectivity index (χ0) is 13.4. The van der Waals surface area contributed by atoms with Crippen molar-refractivity contribution in [3.8, 4) is 0 Å². The number of H-pyrrole nitrogens is 1. The summed E-state index contributed by atoms with van der Waals surface area (Å²) in [7, 11) is 0. The second-order valence-electron chi connectivity index (χ2n) is 5.05. The van der Waals surface area contributed by atoms with E-state index in [1.54, 1.807) is 0 Å². The molecule has 20 heavy (non-hydrogen) atoms. The van der Waals surface area contributed by atoms with Gasteiger partial charge >= 0.3 is 0 Å². The highest BCUT2D eigenvalue weighted by atomic mass is 32.2. The summed E-state index contributed by atoms with van der Waals surface area (Å²) in [6.45, 7) is 0. The first-order chi connectivity index (χ1) is 9.92. The van der Waals surface area contributed by atoms with Gasteiger partial charge in [-0.2, -0.15) is 16.9 Å². The smallest absolute Gasteiger partial charge is 0.0671 e. The van der Waals surface area contributed by atoms with E-state index in [9.17, 15) is 0 Å². The van der Waals surface area contributed by atoms with Crippen molar-refractivity contribution in [1.82, 2.24) is 10.2 Å². The van der Waals surface area contributed by atoms with Gasteiger partial charge in [0.2, 0.25) is 0 Å². The van der Waals surface area contributed by atoms with Crippen LogP contribution in [0.15, 0.2) is 48.7 Å². The average molecular weight is 281 g/mol. The molecule has 1 aliphatic rings. The number of rotatable bonds is 2. The lowest BCUT2D eigenvalue weighted by atomic mass is 10.0. The molecule has 1 unspecified atom stereocenters. The summed E-state index contributed by atoms with van der Waals surface area (Å²) in [5.41, 5.74) is 5.10. The van der Waals surface area contributed by atoms with Crippen LogP contribution in [0, 0.1) is 0 Å². The van der Waals surface area contributed by atoms with Crippen molar-refractivity contribution < 1.29 is 0 Å². The quantitative estimate of drug-likeness (QED) is 0.747. The molecule has 2 aromatic carbocycles. The number of nitrogens with one attached hydrogen (secondary N) is 2. The summed E-state index contributed by atoms with van der Waals surface area (Å²) in [5.74, 6) is 2.22. The lowest BCUT2D eigenvalue weighted by molar-refractivity contribution is 0.873. The van der Waals surface area contributed by atoms with E-state index < -0.39 is 0 Å². The Labute approximate surface area is 121 Å². The molecule has 3 aromatic rings. The molecule has 3 nitrogen and oxygen atoms in total. The van der Waals surface area contributed by atoms with Crippen LogP contribution in [0.2, 0.25) is 0 Å². The molecule has 0 bridgehead atoms. The van der Waals surface area contributed by atoms with E-state index in [0.29, 0.717) is 6.04 Å². The fraction of sp³-hybridized carbons (Fsp3) is 0.188. The molecule has 0 amide bonds. The van der Waals surface area contributed by atoms with Gasteiger partial charge in [0, 0.05) is 22.6 Å². The van der Waals surface area contributed by atoms with Crippen molar-refractivity contribution in [3.63, 3.8) is 0 Å². The van der Waals surface area contributed by atoms with Gasteiger partial charge in [0.05, 0.1) is 17.8 Å². The monoisotopic (exact) mass is 281 g/mol. The molecule has 2 N–H and O–H groups in total. The van der Waals surface area contributed by atoms with E-state index in [4.69, 9.17) is 0 Å². The van der Waals surface area contributed by atoms with E-state index in [1.807, 2.05) is 18.0 Å². The zero-order valence-corrected chi connectivity index (χ0v) is 11.8. The first-order valence-corrected chi connectivity index (χ1v) is 7.91. The predicted molar refractivity (Wildman–Crippen MR) is 85.1 cm³/mol. The lowest BCUT2D eigenvalue weighted by Crippen LogP contribution is -2.18. The molecule has 2 heterocycles. The van der Waals surface area contributed by atoms with Crippen molar-refractivity contribution in [2.24, 2.45) is 0 Å². The Bertz CT molecular complexity index is 750. The summed E-state index contributed by atoms with van der Waals surface area (Å²) < 4.78 is 0. The van der Waals surface area contributed by atoms with Crippen molar-refractivity contribution in [1.29, 1.82) is 0 Å². The second kappa shape index (κ2) is 4.87. The third-order valence-electron chi connectivity index (χ3n) is 3.79. The largest absolute Gasteiger partial charge is 0.377 e. The Kier molecular flexibility index (Phi) is 2.89. The molecule has 1 aliphatic heterocycles. The Morgan fingerprint density at radius 3 is 3.10 bits per heavy atom. The molecule has 0 saturated carbocycles. The number of thioether (sulfide) groups is 1. The van der Waals surface area contributed by atoms with Gasteiger partial charge in [-0.25, -0.2) is 0 Å². The van der Waals surface area contributed by atoms with Crippen LogP contribution in [0.1, 0.15) is 17.2 Å². The summed E-state index contributed by atoms with van der Waals surface area (Å²) in [4.78, 5) is 0. The fourth-order valence-corrected chi connectivity index (χ4v) is 3.88. The van der Waals surface area contributed by atoms with Gasteiger partial charge in [0.25, 0.3) is 0 Å². The van der Waals surface area contributed by atoms with Gasteiger partial charge in [-0.05, 0) is 23.3 Å². The van der Waals surface area contributed by atoms with Crippen LogP contribution in [0.5, 0.6) is 0 Å². The highest BCUT2D eigenvalue weighted by Crippen LogP contribution is 2.35. The summed E-state index contributed by atoms with van der Waals surface area (Å²) >= 11 is 1.99. The SMILES string of the molecule is c1ccc2c(c1)CSCC2Nc1cccc2[nH]ncc12. The Hall–Kier alpha value is -1.94. The van der Waals surface area contributed by atoms with E-state index >= 15 is 0 Å². The van der Waals surface area contributed by atoms with E-state index in [1.165, 1.54) is 11.1 Å². The van der Waals surface area contributed by atoms with Crippen LogP contribution < -0.4 is 5.32 Å². The van der Waals surface area contributed by atoms with E-state index in [0.717, 1.165) is 28.1 Å². The second-order valence-corrected chi connectivity index (χ2v) is 6.08. The third kappa shape index (κ3) is 1.96. The first-order valence-electron chi connectivity index (χ1n) is 6.76. The lowest BCUT2D eigenvalue weighted by Gasteiger charge is -2.27. The average Bonchev–Trinajstić information content (AvgIpc) is 2.97. The van der Waals surface area contributed by atoms with Crippen molar-refractivity contribution >= 4 is 28.4 Å². The van der Waals surface area contributed by atoms with Crippen LogP contribution in [-0.2, 0) is 5.75 Å². The summed E-state index contributed by atoms with van der Waals surface area (Å²) in [6, 6.07) is 15.3. The maximum atomic E-state index is 4.13. The van der Waals surface area contributed by atoms with E-state index in [2.05, 4.69) is 58.0 Å². The molecule has 4 rings (SSSR count). The van der Waals surface area contributed by atoms with Crippen molar-refractivity contribution in [3.05, 3.63) is 59.8 Å². The molecule has 1 atom stereocenters. The number of hydrogen-bond donors (Lipinski definition) is 2. The number of benzene rings is 2. The minimum absolute atomic E-state index is 0.366. The van der Waals surface area contributed by atoms with Crippen LogP contribution in [-0.4, -0.2) is 16.0 Å². The Morgan fingerprint density at radius 1 is 1.15 bits per heavy atom. The molecule has 1 aromatic heterocycles.